The molecule has 1 atom stereocenters. The van der Waals surface area contributed by atoms with Gasteiger partial charge in [-0.05, 0) is 37.1 Å². The number of carbonyl (C=O) groups excluding carboxylic acids is 1. The van der Waals surface area contributed by atoms with Crippen LogP contribution in [0, 0.1) is 6.92 Å². The first-order valence-corrected chi connectivity index (χ1v) is 11.1. The maximum atomic E-state index is 12.7. The summed E-state index contributed by atoms with van der Waals surface area (Å²) in [6.07, 6.45) is 2.06. The normalized spacial score (nSPS) is 18.4. The van der Waals surface area contributed by atoms with Crippen LogP contribution in [0.15, 0.2) is 34.9 Å². The van der Waals surface area contributed by atoms with E-state index in [2.05, 4.69) is 5.32 Å². The standard InChI is InChI=1S/C19H23ClN2O5S/c1-13-8-17(18(26-2)9-16(13)20)21-19(23)11-22(10-15-4-3-6-27-15)14-5-7-28(24,25)12-14/h3-4,6,8-9,14H,5,7,10-12H2,1-2H3,(H,21,23)/t14-/m1/s1. The summed E-state index contributed by atoms with van der Waals surface area (Å²) in [6, 6.07) is 6.74. The monoisotopic (exact) mass is 426 g/mol. The lowest BCUT2D eigenvalue weighted by atomic mass is 10.2. The highest BCUT2D eigenvalue weighted by Gasteiger charge is 2.33. The van der Waals surface area contributed by atoms with Crippen molar-refractivity contribution in [2.24, 2.45) is 0 Å². The molecule has 0 aliphatic carbocycles. The molecule has 1 fully saturated rings. The van der Waals surface area contributed by atoms with Crippen LogP contribution in [0.3, 0.4) is 0 Å². The minimum atomic E-state index is -3.07. The van der Waals surface area contributed by atoms with E-state index in [1.54, 1.807) is 30.5 Å². The summed E-state index contributed by atoms with van der Waals surface area (Å²) in [5, 5.41) is 3.39. The lowest BCUT2D eigenvalue weighted by Gasteiger charge is -2.26. The molecule has 1 aliphatic heterocycles. The van der Waals surface area contributed by atoms with Crippen molar-refractivity contribution in [1.29, 1.82) is 0 Å². The predicted molar refractivity (Wildman–Crippen MR) is 108 cm³/mol. The minimum absolute atomic E-state index is 0.0334. The molecule has 0 spiro atoms. The van der Waals surface area contributed by atoms with Crippen LogP contribution < -0.4 is 10.1 Å². The average Bonchev–Trinajstić information content (AvgIpc) is 3.26. The number of anilines is 1. The van der Waals surface area contributed by atoms with Gasteiger partial charge in [0.15, 0.2) is 9.84 Å². The zero-order chi connectivity index (χ0) is 20.3. The van der Waals surface area contributed by atoms with Crippen LogP contribution in [0.1, 0.15) is 17.7 Å². The number of ether oxygens (including phenoxy) is 1. The Hall–Kier alpha value is -2.03. The number of methoxy groups -OCH3 is 1. The SMILES string of the molecule is COc1cc(Cl)c(C)cc1NC(=O)CN(Cc1ccco1)[C@@H]1CCS(=O)(=O)C1. The molecule has 0 radical (unpaired) electrons. The Morgan fingerprint density at radius 2 is 2.21 bits per heavy atom. The van der Waals surface area contributed by atoms with E-state index in [9.17, 15) is 13.2 Å². The Balaban J connectivity index is 1.75. The van der Waals surface area contributed by atoms with Crippen molar-refractivity contribution in [3.05, 3.63) is 46.9 Å². The van der Waals surface area contributed by atoms with Gasteiger partial charge in [0.25, 0.3) is 0 Å². The van der Waals surface area contributed by atoms with E-state index < -0.39 is 9.84 Å². The molecular weight excluding hydrogens is 404 g/mol. The maximum absolute atomic E-state index is 12.7. The van der Waals surface area contributed by atoms with Crippen molar-refractivity contribution >= 4 is 33.0 Å². The van der Waals surface area contributed by atoms with Gasteiger partial charge in [0.2, 0.25) is 5.91 Å². The Bertz CT molecular complexity index is 943. The number of hydrogen-bond donors (Lipinski definition) is 1. The number of aryl methyl sites for hydroxylation is 1. The smallest absolute Gasteiger partial charge is 0.238 e. The van der Waals surface area contributed by atoms with E-state index in [1.165, 1.54) is 7.11 Å². The van der Waals surface area contributed by atoms with Gasteiger partial charge >= 0.3 is 0 Å². The van der Waals surface area contributed by atoms with Crippen LogP contribution >= 0.6 is 11.6 Å². The molecule has 1 N–H and O–H groups in total. The molecule has 1 saturated heterocycles. The maximum Gasteiger partial charge on any atom is 0.238 e. The van der Waals surface area contributed by atoms with E-state index in [0.29, 0.717) is 35.2 Å². The Morgan fingerprint density at radius 3 is 2.82 bits per heavy atom. The van der Waals surface area contributed by atoms with E-state index in [1.807, 2.05) is 11.8 Å². The summed E-state index contributed by atoms with van der Waals surface area (Å²) in [4.78, 5) is 14.6. The van der Waals surface area contributed by atoms with Gasteiger partial charge in [-0.2, -0.15) is 0 Å². The average molecular weight is 427 g/mol. The molecule has 0 saturated carbocycles. The van der Waals surface area contributed by atoms with Gasteiger partial charge < -0.3 is 14.5 Å². The van der Waals surface area contributed by atoms with Crippen LogP contribution in [0.2, 0.25) is 5.02 Å². The Morgan fingerprint density at radius 1 is 1.43 bits per heavy atom. The Labute approximate surface area is 169 Å². The van der Waals surface area contributed by atoms with Crippen molar-refractivity contribution in [1.82, 2.24) is 4.90 Å². The predicted octanol–water partition coefficient (Wildman–Crippen LogP) is 2.88. The summed E-state index contributed by atoms with van der Waals surface area (Å²) in [5.41, 5.74) is 1.33. The number of nitrogens with zero attached hydrogens (tertiary/aromatic N) is 1. The van der Waals surface area contributed by atoms with E-state index >= 15 is 0 Å². The van der Waals surface area contributed by atoms with Crippen LogP contribution in [-0.4, -0.2) is 50.4 Å². The quantitative estimate of drug-likeness (QED) is 0.732. The van der Waals surface area contributed by atoms with Gasteiger partial charge in [0.05, 0.1) is 43.7 Å². The van der Waals surface area contributed by atoms with Gasteiger partial charge in [-0.3, -0.25) is 9.69 Å². The number of amides is 1. The third-order valence-corrected chi connectivity index (χ3v) is 6.92. The van der Waals surface area contributed by atoms with Crippen LogP contribution in [0.4, 0.5) is 5.69 Å². The molecule has 1 amide bonds. The first kappa shape index (κ1) is 20.7. The molecule has 0 bridgehead atoms. The van der Waals surface area contributed by atoms with Crippen molar-refractivity contribution in [2.45, 2.75) is 25.9 Å². The number of hydrogen-bond acceptors (Lipinski definition) is 6. The number of benzene rings is 1. The lowest BCUT2D eigenvalue weighted by Crippen LogP contribution is -2.41. The van der Waals surface area contributed by atoms with Crippen LogP contribution in [0.25, 0.3) is 0 Å². The Kier molecular flexibility index (Phi) is 6.32. The molecule has 28 heavy (non-hydrogen) atoms. The molecule has 1 aromatic carbocycles. The zero-order valence-corrected chi connectivity index (χ0v) is 17.3. The fraction of sp³-hybridized carbons (Fsp3) is 0.421. The number of furan rings is 1. The van der Waals surface area contributed by atoms with Crippen molar-refractivity contribution in [3.63, 3.8) is 0 Å². The van der Waals surface area contributed by atoms with E-state index in [-0.39, 0.29) is 30.0 Å². The van der Waals surface area contributed by atoms with Gasteiger partial charge in [-0.1, -0.05) is 11.6 Å². The summed E-state index contributed by atoms with van der Waals surface area (Å²) in [5.74, 6) is 1.06. The molecule has 2 aromatic rings. The molecule has 7 nitrogen and oxygen atoms in total. The number of carbonyl (C=O) groups is 1. The summed E-state index contributed by atoms with van der Waals surface area (Å²) < 4.78 is 34.5. The van der Waals surface area contributed by atoms with Gasteiger partial charge in [0.1, 0.15) is 11.5 Å². The van der Waals surface area contributed by atoms with Crippen LogP contribution in [-0.2, 0) is 21.2 Å². The van der Waals surface area contributed by atoms with E-state index in [0.717, 1.165) is 5.56 Å². The van der Waals surface area contributed by atoms with E-state index in [4.69, 9.17) is 20.8 Å². The van der Waals surface area contributed by atoms with Crippen molar-refractivity contribution in [2.75, 3.05) is 30.5 Å². The van der Waals surface area contributed by atoms with Gasteiger partial charge in [0, 0.05) is 17.1 Å². The molecular formula is C19H23ClN2O5S. The highest BCUT2D eigenvalue weighted by molar-refractivity contribution is 7.91. The summed E-state index contributed by atoms with van der Waals surface area (Å²) in [6.45, 7) is 2.23. The first-order chi connectivity index (χ1) is 13.3. The fourth-order valence-electron chi connectivity index (χ4n) is 3.28. The van der Waals surface area contributed by atoms with Gasteiger partial charge in [-0.25, -0.2) is 8.42 Å². The molecule has 3 rings (SSSR count). The number of sulfone groups is 1. The molecule has 2 heterocycles. The fourth-order valence-corrected chi connectivity index (χ4v) is 5.20. The zero-order valence-electron chi connectivity index (χ0n) is 15.8. The lowest BCUT2D eigenvalue weighted by molar-refractivity contribution is -0.118. The van der Waals surface area contributed by atoms with Crippen molar-refractivity contribution in [3.8, 4) is 5.75 Å². The molecule has 0 unspecified atom stereocenters. The molecule has 9 heteroatoms. The third kappa shape index (κ3) is 5.06. The molecule has 1 aliphatic rings. The third-order valence-electron chi connectivity index (χ3n) is 4.77. The van der Waals surface area contributed by atoms with Crippen molar-refractivity contribution < 1.29 is 22.4 Å². The number of nitrogens with one attached hydrogen (secondary N) is 1. The first-order valence-electron chi connectivity index (χ1n) is 8.88. The second kappa shape index (κ2) is 8.55. The minimum Gasteiger partial charge on any atom is -0.495 e. The highest BCUT2D eigenvalue weighted by atomic mass is 35.5. The summed E-state index contributed by atoms with van der Waals surface area (Å²) in [7, 11) is -1.57. The summed E-state index contributed by atoms with van der Waals surface area (Å²) >= 11 is 6.11. The van der Waals surface area contributed by atoms with Gasteiger partial charge in [-0.15, -0.1) is 0 Å². The second-order valence-electron chi connectivity index (χ2n) is 6.89. The topological polar surface area (TPSA) is 88.8 Å². The largest absolute Gasteiger partial charge is 0.495 e. The number of rotatable bonds is 7. The van der Waals surface area contributed by atoms with Crippen LogP contribution in [0.5, 0.6) is 5.75 Å². The number of halogens is 1. The molecule has 152 valence electrons. The highest BCUT2D eigenvalue weighted by Crippen LogP contribution is 2.31. The second-order valence-corrected chi connectivity index (χ2v) is 9.53. The molecule has 1 aromatic heterocycles.